The highest BCUT2D eigenvalue weighted by atomic mass is 32.2. The van der Waals surface area contributed by atoms with Crippen LogP contribution in [0.25, 0.3) is 5.69 Å². The zero-order valence-corrected chi connectivity index (χ0v) is 13.4. The fourth-order valence-corrected chi connectivity index (χ4v) is 2.44. The molecular weight excluding hydrogens is 306 g/mol. The Balaban J connectivity index is 2.36. The highest BCUT2D eigenvalue weighted by Gasteiger charge is 2.14. The average molecular weight is 323 g/mol. The third-order valence-electron chi connectivity index (χ3n) is 3.00. The molecule has 1 amide bonds. The van der Waals surface area contributed by atoms with Gasteiger partial charge in [0.25, 0.3) is 0 Å². The minimum atomic E-state index is -0.350. The molecule has 0 unspecified atom stereocenters. The summed E-state index contributed by atoms with van der Waals surface area (Å²) in [6.45, 7) is 1.86. The summed E-state index contributed by atoms with van der Waals surface area (Å²) in [5.41, 5.74) is 3.34. The van der Waals surface area contributed by atoms with Crippen LogP contribution in [-0.4, -0.2) is 32.0 Å². The lowest BCUT2D eigenvalue weighted by atomic mass is 10.2. The third-order valence-corrected chi connectivity index (χ3v) is 3.82. The summed E-state index contributed by atoms with van der Waals surface area (Å²) >= 11 is 1.52. The second kappa shape index (κ2) is 7.23. The van der Waals surface area contributed by atoms with Gasteiger partial charge in [-0.1, -0.05) is 13.0 Å². The number of nitrogens with zero attached hydrogens (tertiary/aromatic N) is 4. The van der Waals surface area contributed by atoms with Crippen molar-refractivity contribution in [2.75, 3.05) is 6.26 Å². The first-order valence-electron chi connectivity index (χ1n) is 6.64. The first-order chi connectivity index (χ1) is 10.6. The fourth-order valence-electron chi connectivity index (χ4n) is 1.81. The van der Waals surface area contributed by atoms with E-state index >= 15 is 0 Å². The van der Waals surface area contributed by atoms with E-state index in [1.54, 1.807) is 13.0 Å². The SMILES string of the molecule is CCC(=O)NOCc1c(SC)cccc1-n1nnn(C)c1=O. The summed E-state index contributed by atoms with van der Waals surface area (Å²) in [7, 11) is 1.53. The van der Waals surface area contributed by atoms with Gasteiger partial charge in [0, 0.05) is 23.9 Å². The van der Waals surface area contributed by atoms with Crippen LogP contribution in [0.1, 0.15) is 18.9 Å². The van der Waals surface area contributed by atoms with Gasteiger partial charge in [-0.3, -0.25) is 9.63 Å². The van der Waals surface area contributed by atoms with Crippen molar-refractivity contribution < 1.29 is 9.63 Å². The predicted octanol–water partition coefficient (Wildman–Crippen LogP) is 0.646. The second-order valence-corrected chi connectivity index (χ2v) is 5.27. The van der Waals surface area contributed by atoms with E-state index in [9.17, 15) is 9.59 Å². The quantitative estimate of drug-likeness (QED) is 0.620. The molecule has 0 aliphatic heterocycles. The van der Waals surface area contributed by atoms with Gasteiger partial charge in [0.15, 0.2) is 0 Å². The van der Waals surface area contributed by atoms with Gasteiger partial charge in [0.1, 0.15) is 6.61 Å². The van der Waals surface area contributed by atoms with Gasteiger partial charge >= 0.3 is 5.69 Å². The molecule has 2 rings (SSSR count). The molecule has 118 valence electrons. The summed E-state index contributed by atoms with van der Waals surface area (Å²) in [5.74, 6) is -0.208. The Morgan fingerprint density at radius 3 is 2.77 bits per heavy atom. The molecule has 0 atom stereocenters. The molecule has 0 radical (unpaired) electrons. The Morgan fingerprint density at radius 2 is 2.18 bits per heavy atom. The number of carbonyl (C=O) groups is 1. The summed E-state index contributed by atoms with van der Waals surface area (Å²) in [4.78, 5) is 29.5. The lowest BCUT2D eigenvalue weighted by Gasteiger charge is -2.12. The summed E-state index contributed by atoms with van der Waals surface area (Å²) in [6, 6.07) is 5.50. The number of tetrazole rings is 1. The van der Waals surface area contributed by atoms with Crippen LogP contribution in [0.5, 0.6) is 0 Å². The van der Waals surface area contributed by atoms with Crippen molar-refractivity contribution in [3.8, 4) is 5.69 Å². The molecule has 0 spiro atoms. The number of hydrogen-bond acceptors (Lipinski definition) is 6. The Morgan fingerprint density at radius 1 is 1.41 bits per heavy atom. The molecule has 1 aromatic carbocycles. The van der Waals surface area contributed by atoms with E-state index in [0.29, 0.717) is 12.1 Å². The van der Waals surface area contributed by atoms with Crippen molar-refractivity contribution in [2.24, 2.45) is 7.05 Å². The highest BCUT2D eigenvalue weighted by Crippen LogP contribution is 2.25. The molecule has 0 saturated carbocycles. The maximum Gasteiger partial charge on any atom is 0.368 e. The van der Waals surface area contributed by atoms with Gasteiger partial charge < -0.3 is 0 Å². The lowest BCUT2D eigenvalue weighted by Crippen LogP contribution is -2.25. The molecule has 1 heterocycles. The molecule has 9 heteroatoms. The van der Waals surface area contributed by atoms with Crippen LogP contribution < -0.4 is 11.2 Å². The van der Waals surface area contributed by atoms with E-state index in [1.807, 2.05) is 18.4 Å². The van der Waals surface area contributed by atoms with Gasteiger partial charge in [0.2, 0.25) is 5.91 Å². The van der Waals surface area contributed by atoms with Crippen molar-refractivity contribution in [3.05, 3.63) is 34.2 Å². The minimum absolute atomic E-state index is 0.126. The van der Waals surface area contributed by atoms with Crippen molar-refractivity contribution in [2.45, 2.75) is 24.8 Å². The number of thioether (sulfide) groups is 1. The number of aromatic nitrogens is 4. The Labute approximate surface area is 131 Å². The molecule has 1 aromatic heterocycles. The van der Waals surface area contributed by atoms with E-state index in [4.69, 9.17) is 4.84 Å². The number of carbonyl (C=O) groups excluding carboxylic acids is 1. The maximum atomic E-state index is 12.0. The zero-order valence-electron chi connectivity index (χ0n) is 12.6. The normalized spacial score (nSPS) is 10.7. The van der Waals surface area contributed by atoms with Crippen LogP contribution >= 0.6 is 11.8 Å². The van der Waals surface area contributed by atoms with Crippen molar-refractivity contribution >= 4 is 17.7 Å². The summed E-state index contributed by atoms with van der Waals surface area (Å²) in [5, 5.41) is 7.56. The minimum Gasteiger partial charge on any atom is -0.273 e. The van der Waals surface area contributed by atoms with E-state index < -0.39 is 0 Å². The maximum absolute atomic E-state index is 12.0. The first-order valence-corrected chi connectivity index (χ1v) is 7.86. The molecule has 22 heavy (non-hydrogen) atoms. The van der Waals surface area contributed by atoms with Crippen LogP contribution in [0.3, 0.4) is 0 Å². The van der Waals surface area contributed by atoms with Gasteiger partial charge in [0.05, 0.1) is 5.69 Å². The van der Waals surface area contributed by atoms with Crippen LogP contribution in [0.4, 0.5) is 0 Å². The van der Waals surface area contributed by atoms with Crippen LogP contribution in [0, 0.1) is 0 Å². The van der Waals surface area contributed by atoms with Crippen molar-refractivity contribution in [3.63, 3.8) is 0 Å². The Kier molecular flexibility index (Phi) is 5.34. The Bertz CT molecular complexity index is 725. The lowest BCUT2D eigenvalue weighted by molar-refractivity contribution is -0.134. The van der Waals surface area contributed by atoms with Gasteiger partial charge in [-0.05, 0) is 28.8 Å². The predicted molar refractivity (Wildman–Crippen MR) is 81.6 cm³/mol. The topological polar surface area (TPSA) is 91.0 Å². The smallest absolute Gasteiger partial charge is 0.273 e. The number of benzene rings is 1. The van der Waals surface area contributed by atoms with Crippen LogP contribution in [0.15, 0.2) is 27.9 Å². The summed E-state index contributed by atoms with van der Waals surface area (Å²) in [6.07, 6.45) is 2.26. The summed E-state index contributed by atoms with van der Waals surface area (Å²) < 4.78 is 2.36. The molecule has 0 aliphatic rings. The molecule has 2 aromatic rings. The molecule has 1 N–H and O–H groups in total. The fraction of sp³-hybridized carbons (Fsp3) is 0.385. The third kappa shape index (κ3) is 3.37. The first kappa shape index (κ1) is 16.2. The van der Waals surface area contributed by atoms with E-state index in [-0.39, 0.29) is 18.2 Å². The van der Waals surface area contributed by atoms with Crippen LogP contribution in [0.2, 0.25) is 0 Å². The van der Waals surface area contributed by atoms with E-state index in [0.717, 1.165) is 15.1 Å². The number of hydroxylamine groups is 1. The zero-order chi connectivity index (χ0) is 16.1. The van der Waals surface area contributed by atoms with Gasteiger partial charge in [-0.15, -0.1) is 11.8 Å². The van der Waals surface area contributed by atoms with Crippen molar-refractivity contribution in [1.82, 2.24) is 25.3 Å². The molecular formula is C13H17N5O3S. The largest absolute Gasteiger partial charge is 0.368 e. The van der Waals surface area contributed by atoms with Gasteiger partial charge in [-0.25, -0.2) is 10.3 Å². The number of rotatable bonds is 6. The molecule has 0 saturated heterocycles. The van der Waals surface area contributed by atoms with Crippen molar-refractivity contribution in [1.29, 1.82) is 0 Å². The van der Waals surface area contributed by atoms with E-state index in [1.165, 1.54) is 23.5 Å². The second-order valence-electron chi connectivity index (χ2n) is 4.42. The number of amides is 1. The number of hydrogen-bond donors (Lipinski definition) is 1. The van der Waals surface area contributed by atoms with E-state index in [2.05, 4.69) is 15.9 Å². The standard InChI is InChI=1S/C13H17N5O3S/c1-4-12(19)14-21-8-9-10(6-5-7-11(9)22-3)18-13(20)17(2)15-16-18/h5-7H,4,8H2,1-3H3,(H,14,19). The highest BCUT2D eigenvalue weighted by molar-refractivity contribution is 7.98. The monoisotopic (exact) mass is 323 g/mol. The average Bonchev–Trinajstić information content (AvgIpc) is 2.86. The number of aryl methyl sites for hydroxylation is 1. The van der Waals surface area contributed by atoms with Gasteiger partial charge in [-0.2, -0.15) is 9.36 Å². The van der Waals surface area contributed by atoms with Crippen LogP contribution in [-0.2, 0) is 23.3 Å². The molecule has 8 nitrogen and oxygen atoms in total. The Hall–Kier alpha value is -2.13. The molecule has 0 aliphatic carbocycles. The molecule has 0 bridgehead atoms. The molecule has 0 fully saturated rings. The number of nitrogens with one attached hydrogen (secondary N) is 1.